The number of anilines is 1. The average molecular weight is 408 g/mol. The summed E-state index contributed by atoms with van der Waals surface area (Å²) in [6, 6.07) is 7.96. The van der Waals surface area contributed by atoms with Crippen LogP contribution >= 0.6 is 15.9 Å². The molecule has 2 aromatic rings. The van der Waals surface area contributed by atoms with E-state index in [0.29, 0.717) is 17.0 Å². The highest BCUT2D eigenvalue weighted by Gasteiger charge is 2.31. The molecule has 2 aromatic carbocycles. The molecule has 1 aliphatic rings. The largest absolute Gasteiger partial charge is 0.493 e. The first-order chi connectivity index (χ1) is 11.9. The van der Waals surface area contributed by atoms with Gasteiger partial charge >= 0.3 is 0 Å². The van der Waals surface area contributed by atoms with Crippen LogP contribution in [0, 0.1) is 10.1 Å². The van der Waals surface area contributed by atoms with E-state index in [-0.39, 0.29) is 22.9 Å². The van der Waals surface area contributed by atoms with E-state index in [2.05, 4.69) is 26.6 Å². The Morgan fingerprint density at radius 3 is 2.44 bits per heavy atom. The van der Waals surface area contributed by atoms with Crippen molar-refractivity contribution < 1.29 is 19.2 Å². The van der Waals surface area contributed by atoms with Crippen LogP contribution in [-0.4, -0.2) is 25.1 Å². The molecule has 0 fully saturated rings. The number of halogens is 1. The van der Waals surface area contributed by atoms with Crippen molar-refractivity contribution in [3.63, 3.8) is 0 Å². The van der Waals surface area contributed by atoms with Crippen LogP contribution in [0.1, 0.15) is 22.1 Å². The van der Waals surface area contributed by atoms with Crippen LogP contribution in [0.2, 0.25) is 0 Å². The molecule has 1 amide bonds. The van der Waals surface area contributed by atoms with Crippen LogP contribution in [0.15, 0.2) is 34.8 Å². The molecule has 130 valence electrons. The molecule has 0 aliphatic carbocycles. The number of hydrogen-bond donors (Lipinski definition) is 2. The normalized spacial score (nSPS) is 15.6. The Morgan fingerprint density at radius 1 is 1.12 bits per heavy atom. The second kappa shape index (κ2) is 6.60. The minimum absolute atomic E-state index is 0.184. The summed E-state index contributed by atoms with van der Waals surface area (Å²) in [5.41, 5.74) is 1.12. The molecule has 0 spiro atoms. The molecule has 0 aromatic heterocycles. The van der Waals surface area contributed by atoms with Gasteiger partial charge in [-0.1, -0.05) is 15.9 Å². The molecule has 1 aliphatic heterocycles. The van der Waals surface area contributed by atoms with Gasteiger partial charge < -0.3 is 20.1 Å². The highest BCUT2D eigenvalue weighted by atomic mass is 79.9. The molecule has 0 saturated heterocycles. The molecule has 1 atom stereocenters. The fraction of sp³-hybridized carbons (Fsp3) is 0.188. The van der Waals surface area contributed by atoms with Crippen molar-refractivity contribution in [2.75, 3.05) is 19.5 Å². The van der Waals surface area contributed by atoms with Gasteiger partial charge in [0.1, 0.15) is 6.17 Å². The van der Waals surface area contributed by atoms with E-state index in [4.69, 9.17) is 9.47 Å². The third-order valence-electron chi connectivity index (χ3n) is 3.84. The van der Waals surface area contributed by atoms with Gasteiger partial charge in [-0.25, -0.2) is 0 Å². The van der Waals surface area contributed by atoms with Gasteiger partial charge in [0.05, 0.1) is 36.3 Å². The fourth-order valence-corrected chi connectivity index (χ4v) is 3.02. The zero-order chi connectivity index (χ0) is 18.1. The Bertz CT molecular complexity index is 871. The summed E-state index contributed by atoms with van der Waals surface area (Å²) >= 11 is 3.32. The van der Waals surface area contributed by atoms with Crippen LogP contribution in [0.25, 0.3) is 0 Å². The third-order valence-corrected chi connectivity index (χ3v) is 4.34. The Morgan fingerprint density at radius 2 is 1.80 bits per heavy atom. The number of nitrogens with one attached hydrogen (secondary N) is 2. The first-order valence-electron chi connectivity index (χ1n) is 7.22. The van der Waals surface area contributed by atoms with Crippen LogP contribution in [0.4, 0.5) is 11.4 Å². The van der Waals surface area contributed by atoms with Crippen LogP contribution in [0.3, 0.4) is 0 Å². The van der Waals surface area contributed by atoms with Crippen molar-refractivity contribution in [2.24, 2.45) is 0 Å². The Kier molecular flexibility index (Phi) is 4.49. The summed E-state index contributed by atoms with van der Waals surface area (Å²) < 4.78 is 11.1. The predicted molar refractivity (Wildman–Crippen MR) is 94.2 cm³/mol. The van der Waals surface area contributed by atoms with Crippen LogP contribution in [0.5, 0.6) is 11.5 Å². The van der Waals surface area contributed by atoms with E-state index in [1.165, 1.54) is 26.4 Å². The topological polar surface area (TPSA) is 103 Å². The number of nitro groups is 1. The number of hydrogen-bond acceptors (Lipinski definition) is 6. The van der Waals surface area contributed by atoms with Crippen molar-refractivity contribution >= 4 is 33.2 Å². The lowest BCUT2D eigenvalue weighted by Crippen LogP contribution is -2.38. The number of nitrogens with zero attached hydrogens (tertiary/aromatic N) is 1. The predicted octanol–water partition coefficient (Wildman–Crippen LogP) is 3.23. The lowest BCUT2D eigenvalue weighted by molar-refractivity contribution is -0.385. The van der Waals surface area contributed by atoms with E-state index in [1.54, 1.807) is 18.2 Å². The van der Waals surface area contributed by atoms with Crippen molar-refractivity contribution in [2.45, 2.75) is 6.17 Å². The minimum Gasteiger partial charge on any atom is -0.493 e. The average Bonchev–Trinajstić information content (AvgIpc) is 2.60. The number of benzene rings is 2. The Hall–Kier alpha value is -2.81. The van der Waals surface area contributed by atoms with E-state index >= 15 is 0 Å². The summed E-state index contributed by atoms with van der Waals surface area (Å²) in [5, 5.41) is 17.3. The molecular formula is C16H14BrN3O5. The molecule has 0 radical (unpaired) electrons. The minimum atomic E-state index is -0.776. The van der Waals surface area contributed by atoms with Crippen molar-refractivity contribution in [3.05, 3.63) is 56.0 Å². The molecule has 3 rings (SSSR count). The van der Waals surface area contributed by atoms with Gasteiger partial charge in [0.25, 0.3) is 11.6 Å². The zero-order valence-electron chi connectivity index (χ0n) is 13.3. The van der Waals surface area contributed by atoms with Gasteiger partial charge in [0.2, 0.25) is 0 Å². The lowest BCUT2D eigenvalue weighted by Gasteiger charge is -2.28. The van der Waals surface area contributed by atoms with E-state index in [1.807, 2.05) is 0 Å². The lowest BCUT2D eigenvalue weighted by atomic mass is 10.0. The SMILES string of the molecule is COc1cc(C2NC(=O)c3cc(Br)ccc3N2)c([N+](=O)[O-])cc1OC. The van der Waals surface area contributed by atoms with Crippen molar-refractivity contribution in [1.82, 2.24) is 5.32 Å². The first kappa shape index (κ1) is 17.0. The molecule has 8 nitrogen and oxygen atoms in total. The summed E-state index contributed by atoms with van der Waals surface area (Å²) in [4.78, 5) is 23.3. The summed E-state index contributed by atoms with van der Waals surface area (Å²) in [6.07, 6.45) is -0.776. The second-order valence-corrected chi connectivity index (χ2v) is 6.18. The van der Waals surface area contributed by atoms with Gasteiger partial charge in [0.15, 0.2) is 11.5 Å². The molecule has 0 saturated carbocycles. The van der Waals surface area contributed by atoms with Gasteiger partial charge in [-0.2, -0.15) is 0 Å². The maximum Gasteiger partial charge on any atom is 0.280 e. The number of methoxy groups -OCH3 is 2. The standard InChI is InChI=1S/C16H14BrN3O5/c1-24-13-6-10(12(20(22)23)7-14(13)25-2)15-18-11-4-3-8(17)5-9(11)16(21)19-15/h3-7,15,18H,1-2H3,(H,19,21). The fourth-order valence-electron chi connectivity index (χ4n) is 2.66. The molecule has 25 heavy (non-hydrogen) atoms. The summed E-state index contributed by atoms with van der Waals surface area (Å²) in [5.74, 6) is 0.245. The smallest absolute Gasteiger partial charge is 0.280 e. The van der Waals surface area contributed by atoms with E-state index < -0.39 is 11.1 Å². The third kappa shape index (κ3) is 3.10. The number of carbonyl (C=O) groups is 1. The number of ether oxygens (including phenoxy) is 2. The summed E-state index contributed by atoms with van der Waals surface area (Å²) in [6.45, 7) is 0. The number of carbonyl (C=O) groups excluding carboxylic acids is 1. The van der Waals surface area contributed by atoms with Crippen molar-refractivity contribution in [3.8, 4) is 11.5 Å². The van der Waals surface area contributed by atoms with Gasteiger partial charge in [-0.05, 0) is 24.3 Å². The Labute approximate surface area is 151 Å². The molecule has 1 unspecified atom stereocenters. The summed E-state index contributed by atoms with van der Waals surface area (Å²) in [7, 11) is 2.84. The van der Waals surface area contributed by atoms with Gasteiger partial charge in [0, 0.05) is 10.2 Å². The monoisotopic (exact) mass is 407 g/mol. The highest BCUT2D eigenvalue weighted by molar-refractivity contribution is 9.10. The second-order valence-electron chi connectivity index (χ2n) is 5.26. The Balaban J connectivity index is 2.09. The van der Waals surface area contributed by atoms with Crippen LogP contribution < -0.4 is 20.1 Å². The van der Waals surface area contributed by atoms with Crippen molar-refractivity contribution in [1.29, 1.82) is 0 Å². The zero-order valence-corrected chi connectivity index (χ0v) is 14.9. The number of nitro benzene ring substituents is 1. The van der Waals surface area contributed by atoms with Gasteiger partial charge in [-0.15, -0.1) is 0 Å². The maximum absolute atomic E-state index is 12.4. The molecule has 1 heterocycles. The van der Waals surface area contributed by atoms with Crippen LogP contribution in [-0.2, 0) is 0 Å². The maximum atomic E-state index is 12.4. The number of amides is 1. The molecular weight excluding hydrogens is 394 g/mol. The van der Waals surface area contributed by atoms with Gasteiger partial charge in [-0.3, -0.25) is 14.9 Å². The molecule has 9 heteroatoms. The number of rotatable bonds is 4. The number of fused-ring (bicyclic) bond motifs is 1. The van der Waals surface area contributed by atoms with E-state index in [0.717, 1.165) is 4.47 Å². The molecule has 0 bridgehead atoms. The quantitative estimate of drug-likeness (QED) is 0.595. The highest BCUT2D eigenvalue weighted by Crippen LogP contribution is 2.39. The first-order valence-corrected chi connectivity index (χ1v) is 8.01. The molecule has 2 N–H and O–H groups in total. The van der Waals surface area contributed by atoms with E-state index in [9.17, 15) is 14.9 Å².